The van der Waals surface area contributed by atoms with Gasteiger partial charge in [0.25, 0.3) is 0 Å². The zero-order valence-corrected chi connectivity index (χ0v) is 16.6. The Morgan fingerprint density at radius 3 is 1.63 bits per heavy atom. The van der Waals surface area contributed by atoms with Gasteiger partial charge in [-0.25, -0.2) is 9.97 Å². The molecule has 3 aromatic rings. The van der Waals surface area contributed by atoms with Gasteiger partial charge in [-0.15, -0.1) is 0 Å². The second-order valence-corrected chi connectivity index (χ2v) is 7.25. The fraction of sp³-hybridized carbons (Fsp3) is 0.360. The minimum atomic E-state index is 0.790. The van der Waals surface area contributed by atoms with E-state index in [1.165, 1.54) is 48.8 Å². The summed E-state index contributed by atoms with van der Waals surface area (Å²) in [7, 11) is 0. The third kappa shape index (κ3) is 5.50. The van der Waals surface area contributed by atoms with E-state index in [0.717, 1.165) is 29.8 Å². The third-order valence-electron chi connectivity index (χ3n) is 5.04. The van der Waals surface area contributed by atoms with Gasteiger partial charge in [-0.2, -0.15) is 0 Å². The maximum absolute atomic E-state index is 4.59. The molecule has 0 atom stereocenters. The highest BCUT2D eigenvalue weighted by Crippen LogP contribution is 2.22. The molecule has 0 bridgehead atoms. The van der Waals surface area contributed by atoms with E-state index < -0.39 is 0 Å². The number of hydrogen-bond donors (Lipinski definition) is 0. The predicted octanol–water partition coefficient (Wildman–Crippen LogP) is 6.89. The maximum atomic E-state index is 4.59. The van der Waals surface area contributed by atoms with Crippen molar-refractivity contribution in [1.29, 1.82) is 0 Å². The molecule has 0 aliphatic rings. The molecular formula is C25H30N2. The average Bonchev–Trinajstić information content (AvgIpc) is 2.73. The lowest BCUT2D eigenvalue weighted by molar-refractivity contribution is 0.717. The van der Waals surface area contributed by atoms with Crippen molar-refractivity contribution in [3.8, 4) is 22.5 Å². The van der Waals surface area contributed by atoms with Crippen LogP contribution in [0.1, 0.15) is 57.1 Å². The lowest BCUT2D eigenvalue weighted by Crippen LogP contribution is -1.91. The molecule has 0 saturated heterocycles. The first-order valence-electron chi connectivity index (χ1n) is 10.3. The van der Waals surface area contributed by atoms with E-state index in [9.17, 15) is 0 Å². The van der Waals surface area contributed by atoms with Crippen LogP contribution < -0.4 is 0 Å². The second kappa shape index (κ2) is 10.0. The number of nitrogens with zero attached hydrogens (tertiary/aromatic N) is 2. The van der Waals surface area contributed by atoms with Crippen molar-refractivity contribution < 1.29 is 0 Å². The molecule has 2 heteroatoms. The van der Waals surface area contributed by atoms with Crippen molar-refractivity contribution in [3.05, 3.63) is 72.1 Å². The Hall–Kier alpha value is -2.48. The summed E-state index contributed by atoms with van der Waals surface area (Å²) in [5.74, 6) is 0.790. The minimum absolute atomic E-state index is 0.790. The highest BCUT2D eigenvalue weighted by molar-refractivity contribution is 5.64. The van der Waals surface area contributed by atoms with Crippen molar-refractivity contribution in [1.82, 2.24) is 9.97 Å². The van der Waals surface area contributed by atoms with Gasteiger partial charge < -0.3 is 0 Å². The predicted molar refractivity (Wildman–Crippen MR) is 115 cm³/mol. The second-order valence-electron chi connectivity index (χ2n) is 7.25. The maximum Gasteiger partial charge on any atom is 0.159 e. The molecule has 0 N–H and O–H groups in total. The largest absolute Gasteiger partial charge is 0.236 e. The van der Waals surface area contributed by atoms with E-state index in [0.29, 0.717) is 0 Å². The molecule has 0 aliphatic carbocycles. The summed E-state index contributed by atoms with van der Waals surface area (Å²) >= 11 is 0. The van der Waals surface area contributed by atoms with Crippen molar-refractivity contribution in [3.63, 3.8) is 0 Å². The molecule has 0 unspecified atom stereocenters. The smallest absolute Gasteiger partial charge is 0.159 e. The van der Waals surface area contributed by atoms with Crippen molar-refractivity contribution >= 4 is 0 Å². The van der Waals surface area contributed by atoms with Gasteiger partial charge in [-0.3, -0.25) is 0 Å². The van der Waals surface area contributed by atoms with Crippen LogP contribution in [0.5, 0.6) is 0 Å². The van der Waals surface area contributed by atoms with Crippen LogP contribution in [0, 0.1) is 0 Å². The van der Waals surface area contributed by atoms with E-state index in [4.69, 9.17) is 0 Å². The van der Waals surface area contributed by atoms with Gasteiger partial charge in [-0.1, -0.05) is 81.6 Å². The van der Waals surface area contributed by atoms with Crippen LogP contribution in [0.15, 0.2) is 60.9 Å². The quantitative estimate of drug-likeness (QED) is 0.389. The number of rotatable bonds is 9. The van der Waals surface area contributed by atoms with Gasteiger partial charge in [0, 0.05) is 23.5 Å². The van der Waals surface area contributed by atoms with Gasteiger partial charge >= 0.3 is 0 Å². The zero-order valence-electron chi connectivity index (χ0n) is 16.6. The number of unbranched alkanes of at least 4 members (excludes halogenated alkanes) is 3. The highest BCUT2D eigenvalue weighted by Gasteiger charge is 2.04. The van der Waals surface area contributed by atoms with E-state index in [-0.39, 0.29) is 0 Å². The topological polar surface area (TPSA) is 25.8 Å². The van der Waals surface area contributed by atoms with Crippen molar-refractivity contribution in [2.45, 2.75) is 58.8 Å². The molecule has 1 heterocycles. The zero-order chi connectivity index (χ0) is 18.9. The molecule has 0 amide bonds. The van der Waals surface area contributed by atoms with E-state index in [1.807, 2.05) is 12.4 Å². The third-order valence-corrected chi connectivity index (χ3v) is 5.04. The SMILES string of the molecule is CCCCCc1ccc(-c2ncc(-c3ccc(CCCC)cc3)cn2)cc1. The molecule has 1 aromatic heterocycles. The van der Waals surface area contributed by atoms with Gasteiger partial charge in [0.1, 0.15) is 0 Å². The molecule has 140 valence electrons. The van der Waals surface area contributed by atoms with E-state index >= 15 is 0 Å². The first-order chi connectivity index (χ1) is 13.3. The lowest BCUT2D eigenvalue weighted by atomic mass is 10.0. The number of hydrogen-bond acceptors (Lipinski definition) is 2. The van der Waals surface area contributed by atoms with Crippen LogP contribution in [0.4, 0.5) is 0 Å². The fourth-order valence-corrected chi connectivity index (χ4v) is 3.27. The van der Waals surface area contributed by atoms with Crippen molar-refractivity contribution in [2.24, 2.45) is 0 Å². The van der Waals surface area contributed by atoms with E-state index in [1.54, 1.807) is 0 Å². The Labute approximate surface area is 163 Å². The number of aromatic nitrogens is 2. The summed E-state index contributed by atoms with van der Waals surface area (Å²) < 4.78 is 0. The monoisotopic (exact) mass is 358 g/mol. The summed E-state index contributed by atoms with van der Waals surface area (Å²) in [6, 6.07) is 17.5. The van der Waals surface area contributed by atoms with Crippen LogP contribution in [0.3, 0.4) is 0 Å². The Morgan fingerprint density at radius 2 is 1.07 bits per heavy atom. The van der Waals surface area contributed by atoms with Gasteiger partial charge in [0.15, 0.2) is 5.82 Å². The molecule has 0 fully saturated rings. The molecule has 2 nitrogen and oxygen atoms in total. The van der Waals surface area contributed by atoms with Gasteiger partial charge in [-0.05, 0) is 42.4 Å². The summed E-state index contributed by atoms with van der Waals surface area (Å²) in [6.45, 7) is 4.47. The normalized spacial score (nSPS) is 10.9. The highest BCUT2D eigenvalue weighted by atomic mass is 14.9. The molecular weight excluding hydrogens is 328 g/mol. The Bertz CT molecular complexity index is 802. The van der Waals surface area contributed by atoms with Gasteiger partial charge in [0.2, 0.25) is 0 Å². The first kappa shape index (κ1) is 19.3. The summed E-state index contributed by atoms with van der Waals surface area (Å²) in [5.41, 5.74) is 6.12. The molecule has 0 radical (unpaired) electrons. The lowest BCUT2D eigenvalue weighted by Gasteiger charge is -2.06. The minimum Gasteiger partial charge on any atom is -0.236 e. The summed E-state index contributed by atoms with van der Waals surface area (Å²) in [6.07, 6.45) is 12.5. The standard InChI is InChI=1S/C25H30N2/c1-3-5-7-9-21-12-16-23(17-13-21)25-26-18-24(19-27-25)22-14-10-20(11-15-22)8-6-4-2/h10-19H,3-9H2,1-2H3. The fourth-order valence-electron chi connectivity index (χ4n) is 3.27. The summed E-state index contributed by atoms with van der Waals surface area (Å²) in [5, 5.41) is 0. The molecule has 0 spiro atoms. The molecule has 0 saturated carbocycles. The van der Waals surface area contributed by atoms with Crippen LogP contribution >= 0.6 is 0 Å². The Balaban J connectivity index is 1.66. The van der Waals surface area contributed by atoms with Crippen LogP contribution in [-0.2, 0) is 12.8 Å². The Kier molecular flexibility index (Phi) is 7.15. The number of benzene rings is 2. The molecule has 27 heavy (non-hydrogen) atoms. The van der Waals surface area contributed by atoms with Crippen LogP contribution in [0.25, 0.3) is 22.5 Å². The van der Waals surface area contributed by atoms with E-state index in [2.05, 4.69) is 72.3 Å². The molecule has 0 aliphatic heterocycles. The molecule has 3 rings (SSSR count). The van der Waals surface area contributed by atoms with Crippen molar-refractivity contribution in [2.75, 3.05) is 0 Å². The Morgan fingerprint density at radius 1 is 0.556 bits per heavy atom. The first-order valence-corrected chi connectivity index (χ1v) is 10.3. The van der Waals surface area contributed by atoms with Crippen LogP contribution in [-0.4, -0.2) is 9.97 Å². The van der Waals surface area contributed by atoms with Crippen LogP contribution in [0.2, 0.25) is 0 Å². The molecule has 2 aromatic carbocycles. The van der Waals surface area contributed by atoms with Gasteiger partial charge in [0.05, 0.1) is 0 Å². The summed E-state index contributed by atoms with van der Waals surface area (Å²) in [4.78, 5) is 9.18. The average molecular weight is 359 g/mol. The number of aryl methyl sites for hydroxylation is 2.